The lowest BCUT2D eigenvalue weighted by atomic mass is 9.71. The van der Waals surface area contributed by atoms with Crippen LogP contribution in [0.4, 0.5) is 0 Å². The van der Waals surface area contributed by atoms with Gasteiger partial charge in [0.25, 0.3) is 0 Å². The molecule has 128 valence electrons. The molecule has 1 aliphatic rings. The molecule has 0 saturated heterocycles. The van der Waals surface area contributed by atoms with E-state index in [9.17, 15) is 5.11 Å². The highest BCUT2D eigenvalue weighted by atomic mass is 16.6. The average Bonchev–Trinajstić information content (AvgIpc) is 2.40. The number of allylic oxidation sites excluding steroid dienone is 2. The summed E-state index contributed by atoms with van der Waals surface area (Å²) in [5, 5.41) is 9.87. The van der Waals surface area contributed by atoms with E-state index in [1.54, 1.807) is 14.0 Å². The number of rotatable bonds is 4. The second-order valence-electron chi connectivity index (χ2n) is 6.58. The van der Waals surface area contributed by atoms with Crippen LogP contribution in [0.5, 0.6) is 0 Å². The van der Waals surface area contributed by atoms with E-state index in [0.29, 0.717) is 11.8 Å². The molecular weight excluding hydrogens is 260 g/mol. The van der Waals surface area contributed by atoms with Crippen molar-refractivity contribution in [1.29, 1.82) is 0 Å². The van der Waals surface area contributed by atoms with E-state index in [2.05, 4.69) is 34.6 Å². The minimum absolute atomic E-state index is 0.298. The van der Waals surface area contributed by atoms with Crippen molar-refractivity contribution in [2.24, 2.45) is 5.41 Å². The summed E-state index contributed by atoms with van der Waals surface area (Å²) in [5.41, 5.74) is 3.34. The van der Waals surface area contributed by atoms with Crippen molar-refractivity contribution in [1.82, 2.24) is 0 Å². The molecule has 0 aliphatic heterocycles. The zero-order valence-electron chi connectivity index (χ0n) is 16.1. The van der Waals surface area contributed by atoms with Crippen LogP contribution in [0.1, 0.15) is 93.9 Å². The fourth-order valence-corrected chi connectivity index (χ4v) is 2.69. The van der Waals surface area contributed by atoms with E-state index in [0.717, 1.165) is 6.42 Å². The Labute approximate surface area is 134 Å². The smallest absolute Gasteiger partial charge is 0.162 e. The highest BCUT2D eigenvalue weighted by Gasteiger charge is 2.30. The van der Waals surface area contributed by atoms with Gasteiger partial charge in [0.1, 0.15) is 0 Å². The summed E-state index contributed by atoms with van der Waals surface area (Å²) in [5.74, 6) is -0.985. The molecule has 0 bridgehead atoms. The van der Waals surface area contributed by atoms with E-state index in [1.165, 1.54) is 36.8 Å². The van der Waals surface area contributed by atoms with E-state index < -0.39 is 5.79 Å². The van der Waals surface area contributed by atoms with Gasteiger partial charge in [0, 0.05) is 13.5 Å². The van der Waals surface area contributed by atoms with Crippen molar-refractivity contribution >= 4 is 0 Å². The van der Waals surface area contributed by atoms with Crippen molar-refractivity contribution in [3.05, 3.63) is 11.1 Å². The lowest BCUT2D eigenvalue weighted by Crippen LogP contribution is -2.28. The number of methoxy groups -OCH3 is 1. The van der Waals surface area contributed by atoms with Crippen LogP contribution in [-0.4, -0.2) is 18.0 Å². The van der Waals surface area contributed by atoms with Crippen LogP contribution in [0, 0.1) is 5.41 Å². The molecule has 0 aromatic carbocycles. The van der Waals surface area contributed by atoms with Gasteiger partial charge in [-0.25, -0.2) is 0 Å². The van der Waals surface area contributed by atoms with Crippen LogP contribution in [0.25, 0.3) is 0 Å². The van der Waals surface area contributed by atoms with Crippen LogP contribution in [-0.2, 0) is 4.74 Å². The number of ether oxygens (including phenoxy) is 1. The SMILES string of the molecule is CC.CCC.COC(C)(O)CCC1=C(C)CCCC1(C)C. The fourth-order valence-electron chi connectivity index (χ4n) is 2.69. The zero-order chi connectivity index (χ0) is 17.1. The number of aliphatic hydroxyl groups is 1. The third-order valence-corrected chi connectivity index (χ3v) is 3.96. The summed E-state index contributed by atoms with van der Waals surface area (Å²) in [6.07, 6.45) is 6.64. The van der Waals surface area contributed by atoms with Gasteiger partial charge in [-0.05, 0) is 44.9 Å². The van der Waals surface area contributed by atoms with Gasteiger partial charge in [0.15, 0.2) is 5.79 Å². The Morgan fingerprint density at radius 1 is 1.24 bits per heavy atom. The van der Waals surface area contributed by atoms with Crippen LogP contribution in [0.15, 0.2) is 11.1 Å². The van der Waals surface area contributed by atoms with Gasteiger partial charge in [-0.3, -0.25) is 0 Å². The molecule has 0 spiro atoms. The Bertz CT molecular complexity index is 288. The minimum atomic E-state index is -0.985. The van der Waals surface area contributed by atoms with Gasteiger partial charge in [0.05, 0.1) is 0 Å². The maximum atomic E-state index is 9.87. The lowest BCUT2D eigenvalue weighted by Gasteiger charge is -2.36. The van der Waals surface area contributed by atoms with Crippen molar-refractivity contribution in [3.63, 3.8) is 0 Å². The van der Waals surface area contributed by atoms with Gasteiger partial charge in [-0.15, -0.1) is 0 Å². The van der Waals surface area contributed by atoms with Crippen LogP contribution >= 0.6 is 0 Å². The Morgan fingerprint density at radius 3 is 2.10 bits per heavy atom. The summed E-state index contributed by atoms with van der Waals surface area (Å²) in [7, 11) is 1.56. The van der Waals surface area contributed by atoms with Crippen LogP contribution in [0.3, 0.4) is 0 Å². The van der Waals surface area contributed by atoms with E-state index >= 15 is 0 Å². The first-order chi connectivity index (χ1) is 9.70. The predicted octanol–water partition coefficient (Wildman–Crippen LogP) is 6.09. The Balaban J connectivity index is 0. The Kier molecular flexibility index (Phi) is 12.3. The molecule has 0 saturated carbocycles. The molecule has 1 aliphatic carbocycles. The van der Waals surface area contributed by atoms with Crippen LogP contribution < -0.4 is 0 Å². The third kappa shape index (κ3) is 9.31. The van der Waals surface area contributed by atoms with Gasteiger partial charge >= 0.3 is 0 Å². The van der Waals surface area contributed by atoms with Gasteiger partial charge in [0.2, 0.25) is 0 Å². The lowest BCUT2D eigenvalue weighted by molar-refractivity contribution is -0.174. The predicted molar refractivity (Wildman–Crippen MR) is 94.5 cm³/mol. The molecule has 0 amide bonds. The minimum Gasteiger partial charge on any atom is -0.366 e. The molecule has 1 atom stereocenters. The Hall–Kier alpha value is -0.340. The maximum absolute atomic E-state index is 9.87. The Morgan fingerprint density at radius 2 is 1.71 bits per heavy atom. The maximum Gasteiger partial charge on any atom is 0.162 e. The molecule has 2 nitrogen and oxygen atoms in total. The number of hydrogen-bond donors (Lipinski definition) is 1. The molecule has 0 heterocycles. The fraction of sp³-hybridized carbons (Fsp3) is 0.895. The summed E-state index contributed by atoms with van der Waals surface area (Å²) in [6.45, 7) is 16.8. The molecule has 0 fully saturated rings. The van der Waals surface area contributed by atoms with E-state index in [-0.39, 0.29) is 0 Å². The molecule has 0 aromatic rings. The molecule has 1 rings (SSSR count). The zero-order valence-corrected chi connectivity index (χ0v) is 16.1. The second kappa shape index (κ2) is 11.3. The number of hydrogen-bond acceptors (Lipinski definition) is 2. The molecule has 0 radical (unpaired) electrons. The standard InChI is InChI=1S/C14H26O2.C3H8.C2H6/c1-11-7-6-9-13(2,3)12(11)8-10-14(4,15)16-5;1-3-2;1-2/h15H,6-10H2,1-5H3;3H2,1-2H3;1-2H3. The molecular formula is C19H40O2. The quantitative estimate of drug-likeness (QED) is 0.503. The van der Waals surface area contributed by atoms with Crippen molar-refractivity contribution in [2.75, 3.05) is 7.11 Å². The molecule has 21 heavy (non-hydrogen) atoms. The summed E-state index contributed by atoms with van der Waals surface area (Å²) in [4.78, 5) is 0. The average molecular weight is 301 g/mol. The van der Waals surface area contributed by atoms with Crippen molar-refractivity contribution in [2.45, 2.75) is 99.7 Å². The summed E-state index contributed by atoms with van der Waals surface area (Å²) >= 11 is 0. The summed E-state index contributed by atoms with van der Waals surface area (Å²) in [6, 6.07) is 0. The highest BCUT2D eigenvalue weighted by Crippen LogP contribution is 2.42. The molecule has 2 heteroatoms. The van der Waals surface area contributed by atoms with Gasteiger partial charge < -0.3 is 9.84 Å². The molecule has 0 aromatic heterocycles. The van der Waals surface area contributed by atoms with E-state index in [4.69, 9.17) is 4.74 Å². The normalized spacial score (nSPS) is 19.7. The topological polar surface area (TPSA) is 29.5 Å². The van der Waals surface area contributed by atoms with Gasteiger partial charge in [-0.2, -0.15) is 0 Å². The first kappa shape index (κ1) is 22.9. The monoisotopic (exact) mass is 300 g/mol. The van der Waals surface area contributed by atoms with Crippen molar-refractivity contribution < 1.29 is 9.84 Å². The second-order valence-corrected chi connectivity index (χ2v) is 6.58. The largest absolute Gasteiger partial charge is 0.366 e. The first-order valence-electron chi connectivity index (χ1n) is 8.66. The molecule has 1 unspecified atom stereocenters. The van der Waals surface area contributed by atoms with E-state index in [1.807, 2.05) is 13.8 Å². The summed E-state index contributed by atoms with van der Waals surface area (Å²) < 4.78 is 5.07. The molecule has 1 N–H and O–H groups in total. The van der Waals surface area contributed by atoms with Gasteiger partial charge in [-0.1, -0.05) is 59.1 Å². The third-order valence-electron chi connectivity index (χ3n) is 3.96. The first-order valence-corrected chi connectivity index (χ1v) is 8.66. The van der Waals surface area contributed by atoms with Crippen molar-refractivity contribution in [3.8, 4) is 0 Å². The highest BCUT2D eigenvalue weighted by molar-refractivity contribution is 5.22. The van der Waals surface area contributed by atoms with Crippen LogP contribution in [0.2, 0.25) is 0 Å².